The van der Waals surface area contributed by atoms with Crippen molar-refractivity contribution in [3.05, 3.63) is 65.7 Å². The molecule has 0 aromatic heterocycles. The molecule has 2 aliphatic heterocycles. The minimum Gasteiger partial charge on any atom is -0.348 e. The second-order valence-corrected chi connectivity index (χ2v) is 10.1. The average Bonchev–Trinajstić information content (AvgIpc) is 3.31. The van der Waals surface area contributed by atoms with Crippen LogP contribution in [0.2, 0.25) is 0 Å². The molecule has 1 amide bonds. The molecule has 0 bridgehead atoms. The Kier molecular flexibility index (Phi) is 6.51. The molecule has 1 unspecified atom stereocenters. The lowest BCUT2D eigenvalue weighted by Crippen LogP contribution is -2.47. The minimum atomic E-state index is -3.53. The van der Waals surface area contributed by atoms with Crippen molar-refractivity contribution >= 4 is 15.9 Å². The van der Waals surface area contributed by atoms with Gasteiger partial charge in [-0.1, -0.05) is 36.4 Å². The van der Waals surface area contributed by atoms with E-state index in [1.165, 1.54) is 15.9 Å². The van der Waals surface area contributed by atoms with E-state index in [2.05, 4.69) is 22.3 Å². The first-order chi connectivity index (χ1) is 14.5. The van der Waals surface area contributed by atoms with Gasteiger partial charge in [-0.15, -0.1) is 0 Å². The smallest absolute Gasteiger partial charge is 0.251 e. The fourth-order valence-electron chi connectivity index (χ4n) is 4.30. The number of carbonyl (C=O) groups excluding carboxylic acids is 1. The van der Waals surface area contributed by atoms with Gasteiger partial charge in [0.2, 0.25) is 10.0 Å². The third-order valence-corrected chi connectivity index (χ3v) is 7.78. The van der Waals surface area contributed by atoms with Gasteiger partial charge < -0.3 is 5.32 Å². The number of hydrogen-bond donors (Lipinski definition) is 1. The van der Waals surface area contributed by atoms with Gasteiger partial charge in [0.05, 0.1) is 4.90 Å². The van der Waals surface area contributed by atoms with Gasteiger partial charge in [-0.05, 0) is 56.0 Å². The van der Waals surface area contributed by atoms with E-state index >= 15 is 0 Å². The molecule has 0 spiro atoms. The third-order valence-electron chi connectivity index (χ3n) is 5.89. The van der Waals surface area contributed by atoms with E-state index in [0.717, 1.165) is 45.3 Å². The summed E-state index contributed by atoms with van der Waals surface area (Å²) in [5.74, 6) is -0.208. The number of benzene rings is 2. The first kappa shape index (κ1) is 21.0. The van der Waals surface area contributed by atoms with Crippen molar-refractivity contribution < 1.29 is 13.2 Å². The van der Waals surface area contributed by atoms with Crippen LogP contribution in [0.5, 0.6) is 0 Å². The largest absolute Gasteiger partial charge is 0.348 e. The Morgan fingerprint density at radius 3 is 2.50 bits per heavy atom. The summed E-state index contributed by atoms with van der Waals surface area (Å²) in [5.41, 5.74) is 1.67. The number of likely N-dealkylation sites (tertiary alicyclic amines) is 1. The van der Waals surface area contributed by atoms with Crippen LogP contribution in [-0.2, 0) is 16.6 Å². The summed E-state index contributed by atoms with van der Waals surface area (Å²) in [6.45, 7) is 3.80. The van der Waals surface area contributed by atoms with E-state index in [9.17, 15) is 13.2 Å². The molecule has 160 valence electrons. The van der Waals surface area contributed by atoms with Crippen LogP contribution in [0, 0.1) is 0 Å². The summed E-state index contributed by atoms with van der Waals surface area (Å²) in [7, 11) is -3.53. The molecular weight excluding hydrogens is 398 g/mol. The number of carbonyl (C=O) groups is 1. The van der Waals surface area contributed by atoms with Crippen LogP contribution in [0.4, 0.5) is 0 Å². The van der Waals surface area contributed by atoms with Gasteiger partial charge in [-0.3, -0.25) is 9.69 Å². The fraction of sp³-hybridized carbons (Fsp3) is 0.435. The van der Waals surface area contributed by atoms with Crippen LogP contribution in [0.1, 0.15) is 41.6 Å². The molecule has 2 saturated heterocycles. The lowest BCUT2D eigenvalue weighted by Gasteiger charge is -2.33. The van der Waals surface area contributed by atoms with E-state index in [0.29, 0.717) is 18.7 Å². The van der Waals surface area contributed by atoms with Crippen LogP contribution < -0.4 is 5.32 Å². The van der Waals surface area contributed by atoms with E-state index in [-0.39, 0.29) is 16.8 Å². The van der Waals surface area contributed by atoms with Gasteiger partial charge in [0.15, 0.2) is 0 Å². The highest BCUT2D eigenvalue weighted by Crippen LogP contribution is 2.22. The number of hydrogen-bond acceptors (Lipinski definition) is 4. The standard InChI is InChI=1S/C23H29N3O3S/c27-23(20-10-6-12-22(16-20)30(28,29)26-14-4-5-15-26)24-21-11-7-13-25(18-21)17-19-8-2-1-3-9-19/h1-3,6,8-10,12,16,21H,4-5,7,11,13-15,17-18H2,(H,24,27). The second-order valence-electron chi connectivity index (χ2n) is 8.17. The topological polar surface area (TPSA) is 69.7 Å². The summed E-state index contributed by atoms with van der Waals surface area (Å²) in [5, 5.41) is 3.11. The molecule has 7 heteroatoms. The van der Waals surface area contributed by atoms with Crippen LogP contribution in [-0.4, -0.2) is 55.8 Å². The fourth-order valence-corrected chi connectivity index (χ4v) is 5.87. The first-order valence-corrected chi connectivity index (χ1v) is 12.1. The third kappa shape index (κ3) is 4.91. The van der Waals surface area contributed by atoms with Crippen molar-refractivity contribution in [2.45, 2.75) is 43.2 Å². The molecule has 2 fully saturated rings. The van der Waals surface area contributed by atoms with E-state index in [4.69, 9.17) is 0 Å². The van der Waals surface area contributed by atoms with Crippen LogP contribution >= 0.6 is 0 Å². The lowest BCUT2D eigenvalue weighted by molar-refractivity contribution is 0.0900. The Labute approximate surface area is 178 Å². The molecular formula is C23H29N3O3S. The highest BCUT2D eigenvalue weighted by atomic mass is 32.2. The van der Waals surface area contributed by atoms with Crippen molar-refractivity contribution in [2.24, 2.45) is 0 Å². The molecule has 1 atom stereocenters. The number of nitrogens with zero attached hydrogens (tertiary/aromatic N) is 2. The Bertz CT molecular complexity index is 972. The number of sulfonamides is 1. The molecule has 1 N–H and O–H groups in total. The maximum Gasteiger partial charge on any atom is 0.251 e. The first-order valence-electron chi connectivity index (χ1n) is 10.7. The quantitative estimate of drug-likeness (QED) is 0.770. The minimum absolute atomic E-state index is 0.0637. The van der Waals surface area contributed by atoms with Gasteiger partial charge >= 0.3 is 0 Å². The zero-order chi connectivity index (χ0) is 21.0. The van der Waals surface area contributed by atoms with Crippen molar-refractivity contribution in [3.63, 3.8) is 0 Å². The van der Waals surface area contributed by atoms with Gasteiger partial charge in [0.1, 0.15) is 0 Å². The SMILES string of the molecule is O=C(NC1CCCN(Cc2ccccc2)C1)c1cccc(S(=O)(=O)N2CCCC2)c1. The Hall–Kier alpha value is -2.22. The molecule has 2 aliphatic rings. The molecule has 0 aliphatic carbocycles. The summed E-state index contributed by atoms with van der Waals surface area (Å²) in [6.07, 6.45) is 3.74. The van der Waals surface area contributed by atoms with Gasteiger partial charge in [-0.2, -0.15) is 4.31 Å². The second kappa shape index (κ2) is 9.29. The Morgan fingerprint density at radius 2 is 1.73 bits per heavy atom. The Morgan fingerprint density at radius 1 is 0.967 bits per heavy atom. The maximum absolute atomic E-state index is 12.8. The average molecular weight is 428 g/mol. The summed E-state index contributed by atoms with van der Waals surface area (Å²) >= 11 is 0. The molecule has 6 nitrogen and oxygen atoms in total. The van der Waals surface area contributed by atoms with Crippen molar-refractivity contribution in [1.29, 1.82) is 0 Å². The number of amides is 1. The predicted octanol–water partition coefficient (Wildman–Crippen LogP) is 2.87. The molecule has 2 aromatic rings. The summed E-state index contributed by atoms with van der Waals surface area (Å²) < 4.78 is 27.1. The highest BCUT2D eigenvalue weighted by Gasteiger charge is 2.28. The normalized spacial score (nSPS) is 20.9. The number of nitrogens with one attached hydrogen (secondary N) is 1. The number of rotatable bonds is 6. The van der Waals surface area contributed by atoms with E-state index in [1.807, 2.05) is 18.2 Å². The molecule has 2 aromatic carbocycles. The molecule has 4 rings (SSSR count). The molecule has 2 heterocycles. The highest BCUT2D eigenvalue weighted by molar-refractivity contribution is 7.89. The van der Waals surface area contributed by atoms with Gasteiger partial charge in [0.25, 0.3) is 5.91 Å². The van der Waals surface area contributed by atoms with Crippen LogP contribution in [0.25, 0.3) is 0 Å². The Balaban J connectivity index is 1.40. The summed E-state index contributed by atoms with van der Waals surface area (Å²) in [6, 6.07) is 16.8. The maximum atomic E-state index is 12.8. The molecule has 30 heavy (non-hydrogen) atoms. The monoisotopic (exact) mass is 427 g/mol. The van der Waals surface area contributed by atoms with E-state index < -0.39 is 10.0 Å². The molecule has 0 radical (unpaired) electrons. The van der Waals surface area contributed by atoms with Crippen LogP contribution in [0.3, 0.4) is 0 Å². The zero-order valence-corrected chi connectivity index (χ0v) is 18.0. The van der Waals surface area contributed by atoms with Crippen LogP contribution in [0.15, 0.2) is 59.5 Å². The summed E-state index contributed by atoms with van der Waals surface area (Å²) in [4.78, 5) is 15.4. The molecule has 0 saturated carbocycles. The van der Waals surface area contributed by atoms with E-state index in [1.54, 1.807) is 18.2 Å². The predicted molar refractivity (Wildman–Crippen MR) is 117 cm³/mol. The van der Waals surface area contributed by atoms with Crippen molar-refractivity contribution in [3.8, 4) is 0 Å². The van der Waals surface area contributed by atoms with Crippen molar-refractivity contribution in [1.82, 2.24) is 14.5 Å². The van der Waals surface area contributed by atoms with Crippen molar-refractivity contribution in [2.75, 3.05) is 26.2 Å². The zero-order valence-electron chi connectivity index (χ0n) is 17.2. The van der Waals surface area contributed by atoms with Gasteiger partial charge in [-0.25, -0.2) is 8.42 Å². The van der Waals surface area contributed by atoms with Gasteiger partial charge in [0, 0.05) is 37.8 Å². The lowest BCUT2D eigenvalue weighted by atomic mass is 10.0. The number of piperidine rings is 1.